The molecule has 246 valence electrons. The van der Waals surface area contributed by atoms with Gasteiger partial charge in [0.1, 0.15) is 16.1 Å². The van der Waals surface area contributed by atoms with Crippen molar-refractivity contribution in [3.63, 3.8) is 0 Å². The van der Waals surface area contributed by atoms with E-state index in [1.807, 2.05) is 34.8 Å². The Morgan fingerprint density at radius 1 is 0.745 bits per heavy atom. The Morgan fingerprint density at radius 3 is 1.83 bits per heavy atom. The summed E-state index contributed by atoms with van der Waals surface area (Å²) in [5.74, 6) is 4.97. The Labute approximate surface area is 313 Å². The summed E-state index contributed by atoms with van der Waals surface area (Å²) in [7, 11) is 0.520. The molecule has 0 atom stereocenters. The Bertz CT molecular complexity index is 1950. The smallest absolute Gasteiger partial charge is 0.113 e. The van der Waals surface area contributed by atoms with E-state index in [1.165, 1.54) is 43.0 Å². The molecule has 5 aromatic rings. The molecule has 0 saturated heterocycles. The summed E-state index contributed by atoms with van der Waals surface area (Å²) in [5, 5.41) is 5.95. The third kappa shape index (κ3) is 7.84. The van der Waals surface area contributed by atoms with Crippen LogP contribution in [0.4, 0.5) is 0 Å². The Balaban J connectivity index is 0.000000193. The van der Waals surface area contributed by atoms with Gasteiger partial charge in [-0.1, -0.05) is 92.0 Å². The molecule has 7 rings (SSSR count). The summed E-state index contributed by atoms with van der Waals surface area (Å²) in [6, 6.07) is 30.0. The predicted molar refractivity (Wildman–Crippen MR) is 192 cm³/mol. The molecule has 4 nitrogen and oxygen atoms in total. The van der Waals surface area contributed by atoms with Crippen LogP contribution in [0.1, 0.15) is 11.1 Å². The average molecular weight is 1010 g/mol. The molecule has 1 aromatic heterocycles. The Kier molecular flexibility index (Phi) is 13.1. The van der Waals surface area contributed by atoms with E-state index in [4.69, 9.17) is 12.8 Å². The van der Waals surface area contributed by atoms with Crippen LogP contribution in [0.5, 0.6) is 0 Å². The maximum absolute atomic E-state index is 7.26. The third-order valence-corrected chi connectivity index (χ3v) is 15.7. The van der Waals surface area contributed by atoms with Gasteiger partial charge < -0.3 is 32.3 Å². The zero-order valence-electron chi connectivity index (χ0n) is 27.3. The minimum absolute atomic E-state index is 0. The van der Waals surface area contributed by atoms with Crippen LogP contribution in [0.15, 0.2) is 102 Å². The largest absolute Gasteiger partial charge is 0.525 e. The summed E-state index contributed by atoms with van der Waals surface area (Å²) in [6.45, 7) is 10.2. The van der Waals surface area contributed by atoms with Gasteiger partial charge in [0.15, 0.2) is 0 Å². The van der Waals surface area contributed by atoms with Crippen molar-refractivity contribution in [3.8, 4) is 34.1 Å². The van der Waals surface area contributed by atoms with Crippen LogP contribution < -0.4 is 20.7 Å². The van der Waals surface area contributed by atoms with E-state index in [-0.39, 0.29) is 44.8 Å². The van der Waals surface area contributed by atoms with Crippen LogP contribution in [0.3, 0.4) is 0 Å². The first kappa shape index (κ1) is 38.0. The van der Waals surface area contributed by atoms with E-state index in [0.29, 0.717) is 6.67 Å². The molecule has 0 unspecified atom stereocenters. The average Bonchev–Trinajstić information content (AvgIpc) is 3.71. The first-order valence-corrected chi connectivity index (χ1v) is 20.9. The van der Waals surface area contributed by atoms with Gasteiger partial charge in [0.2, 0.25) is 0 Å². The maximum Gasteiger partial charge on any atom is 0.113 e. The number of imidazole rings is 1. The summed E-state index contributed by atoms with van der Waals surface area (Å²) in [6.07, 6.45) is 23.6. The number of hydrogen-bond acceptors (Lipinski definition) is 2. The first-order chi connectivity index (χ1) is 21.6. The van der Waals surface area contributed by atoms with Gasteiger partial charge in [-0.05, 0) is 51.9 Å². The standard InChI is InChI=1S/2C16H13Si.C7H10N4.2Au/c1-4-12-9-10-16-14(11-12)13-7-5-6-8-15(13)17(16,2)3;1-4-12-9-10-14-13-7-5-6-8-15(13)17(2,3)16(14)11-12;1-8-5-10(2)7-11-4-3-9-6-11;;/h2*5-11H,2-3H3;3-4H,7H2,1-2H3;;/q2*-1;-2;;. The second kappa shape index (κ2) is 16.1. The molecule has 0 bridgehead atoms. The minimum atomic E-state index is -1.55. The molecular weight excluding hydrogens is 975 g/mol. The van der Waals surface area contributed by atoms with Gasteiger partial charge in [0.05, 0.1) is 0 Å². The molecular formula is C39H36Au2N4Si2-4. The van der Waals surface area contributed by atoms with Crippen molar-refractivity contribution in [3.05, 3.63) is 128 Å². The number of nitrogens with zero attached hydrogens (tertiary/aromatic N) is 4. The number of hydrogen-bond donors (Lipinski definition) is 0. The number of aliphatic imine (C=N–C) groups is 1. The molecule has 3 heterocycles. The maximum atomic E-state index is 7.26. The molecule has 0 spiro atoms. The molecule has 0 fully saturated rings. The van der Waals surface area contributed by atoms with E-state index in [2.05, 4.69) is 133 Å². The number of rotatable bonds is 3. The summed E-state index contributed by atoms with van der Waals surface area (Å²) in [5.41, 5.74) is 7.17. The van der Waals surface area contributed by atoms with Crippen LogP contribution in [0, 0.1) is 31.0 Å². The van der Waals surface area contributed by atoms with Crippen molar-refractivity contribution in [2.24, 2.45) is 4.99 Å². The van der Waals surface area contributed by atoms with Gasteiger partial charge in [0.25, 0.3) is 0 Å². The summed E-state index contributed by atoms with van der Waals surface area (Å²) >= 11 is 0. The zero-order valence-corrected chi connectivity index (χ0v) is 33.7. The van der Waals surface area contributed by atoms with Crippen molar-refractivity contribution in [2.75, 3.05) is 14.1 Å². The molecule has 4 aromatic carbocycles. The molecule has 0 aliphatic carbocycles. The van der Waals surface area contributed by atoms with Gasteiger partial charge in [-0.25, -0.2) is 0 Å². The Hall–Kier alpha value is -3.41. The SMILES string of the molecule is CN=[C-]N(C)Cn1[c-]ncc1.[Au].[Au].[C-]#Cc1ccc2c(c1)-c1ccccc1[Si]2(C)C.[C-]#Cc1ccc2c(c1)[Si](C)(C)c1ccccc1-2. The quantitative estimate of drug-likeness (QED) is 0.0641. The predicted octanol–water partition coefficient (Wildman–Crippen LogP) is 4.96. The van der Waals surface area contributed by atoms with Gasteiger partial charge >= 0.3 is 0 Å². The van der Waals surface area contributed by atoms with E-state index in [9.17, 15) is 0 Å². The number of aromatic nitrogens is 2. The van der Waals surface area contributed by atoms with Crippen LogP contribution in [0.25, 0.3) is 22.3 Å². The Morgan fingerprint density at radius 2 is 1.26 bits per heavy atom. The third-order valence-electron chi connectivity index (χ3n) is 8.60. The molecule has 8 heteroatoms. The van der Waals surface area contributed by atoms with Crippen LogP contribution in [0.2, 0.25) is 26.2 Å². The van der Waals surface area contributed by atoms with Crippen LogP contribution >= 0.6 is 0 Å². The fraction of sp³-hybridized carbons (Fsp3) is 0.179. The van der Waals surface area contributed by atoms with Crippen molar-refractivity contribution in [1.29, 1.82) is 0 Å². The summed E-state index contributed by atoms with van der Waals surface area (Å²) in [4.78, 5) is 9.35. The van der Waals surface area contributed by atoms with Gasteiger partial charge in [0, 0.05) is 57.8 Å². The molecule has 0 saturated carbocycles. The molecule has 47 heavy (non-hydrogen) atoms. The molecule has 2 radical (unpaired) electrons. The first-order valence-electron chi connectivity index (χ1n) is 14.9. The van der Waals surface area contributed by atoms with E-state index < -0.39 is 16.1 Å². The van der Waals surface area contributed by atoms with Crippen LogP contribution in [-0.2, 0) is 51.4 Å². The van der Waals surface area contributed by atoms with E-state index in [1.54, 1.807) is 13.2 Å². The minimum Gasteiger partial charge on any atom is -0.525 e. The van der Waals surface area contributed by atoms with Crippen molar-refractivity contribution in [2.45, 2.75) is 32.9 Å². The normalized spacial score (nSPS) is 13.3. The van der Waals surface area contributed by atoms with E-state index in [0.717, 1.165) is 11.1 Å². The topological polar surface area (TPSA) is 33.4 Å². The van der Waals surface area contributed by atoms with Gasteiger partial charge in [-0.3, -0.25) is 18.2 Å². The van der Waals surface area contributed by atoms with Gasteiger partial charge in [-0.15, -0.1) is 47.8 Å². The van der Waals surface area contributed by atoms with Gasteiger partial charge in [-0.2, -0.15) is 0 Å². The molecule has 2 aliphatic heterocycles. The number of fused-ring (bicyclic) bond motifs is 6. The van der Waals surface area contributed by atoms with E-state index >= 15 is 0 Å². The van der Waals surface area contributed by atoms with Crippen molar-refractivity contribution < 1.29 is 44.8 Å². The monoisotopic (exact) mass is 1010 g/mol. The number of benzene rings is 4. The van der Waals surface area contributed by atoms with Crippen molar-refractivity contribution >= 4 is 43.2 Å². The molecule has 0 amide bonds. The molecule has 2 aliphatic rings. The fourth-order valence-electron chi connectivity index (χ4n) is 6.34. The van der Waals surface area contributed by atoms with Crippen molar-refractivity contribution in [1.82, 2.24) is 14.5 Å². The molecule has 0 N–H and O–H groups in total. The summed E-state index contributed by atoms with van der Waals surface area (Å²) < 4.78 is 1.82. The second-order valence-electron chi connectivity index (χ2n) is 12.3. The van der Waals surface area contributed by atoms with Crippen LogP contribution in [-0.4, -0.2) is 51.0 Å². The second-order valence-corrected chi connectivity index (χ2v) is 20.9. The fourth-order valence-corrected chi connectivity index (χ4v) is 12.5. The zero-order chi connectivity index (χ0) is 32.2.